The maximum atomic E-state index is 12.3. The standard InChI is InChI=1S/C20H21Cl2NO5S/c1-4-27-20(26)17-11(2)18(12(3)24)29-19(17)23-16(25)6-5-9-28-15-8-7-13(21)10-14(15)22/h7-8,10H,4-6,9H2,1-3H3,(H,23,25). The second-order valence-electron chi connectivity index (χ2n) is 6.11. The minimum atomic E-state index is -0.565. The van der Waals surface area contributed by atoms with E-state index in [1.807, 2.05) is 0 Å². The third kappa shape index (κ3) is 6.19. The number of hydrogen-bond donors (Lipinski definition) is 1. The van der Waals surface area contributed by atoms with Gasteiger partial charge in [-0.1, -0.05) is 23.2 Å². The largest absolute Gasteiger partial charge is 0.492 e. The second-order valence-corrected chi connectivity index (χ2v) is 7.98. The zero-order chi connectivity index (χ0) is 21.6. The van der Waals surface area contributed by atoms with E-state index in [0.29, 0.717) is 37.7 Å². The molecule has 156 valence electrons. The molecule has 0 saturated carbocycles. The fourth-order valence-electron chi connectivity index (χ4n) is 2.58. The van der Waals surface area contributed by atoms with Gasteiger partial charge in [0.05, 0.1) is 28.7 Å². The molecule has 9 heteroatoms. The highest BCUT2D eigenvalue weighted by Crippen LogP contribution is 2.34. The van der Waals surface area contributed by atoms with Gasteiger partial charge >= 0.3 is 5.97 Å². The number of thiophene rings is 1. The molecule has 2 aromatic rings. The number of ether oxygens (including phenoxy) is 2. The van der Waals surface area contributed by atoms with Crippen LogP contribution in [0.2, 0.25) is 10.0 Å². The van der Waals surface area contributed by atoms with Gasteiger partial charge in [-0.05, 0) is 51.0 Å². The Hall–Kier alpha value is -2.09. The highest BCUT2D eigenvalue weighted by atomic mass is 35.5. The lowest BCUT2D eigenvalue weighted by Crippen LogP contribution is -2.15. The van der Waals surface area contributed by atoms with E-state index in [4.69, 9.17) is 32.7 Å². The third-order valence-corrected chi connectivity index (χ3v) is 5.74. The lowest BCUT2D eigenvalue weighted by molar-refractivity contribution is -0.116. The molecule has 6 nitrogen and oxygen atoms in total. The Balaban J connectivity index is 1.98. The van der Waals surface area contributed by atoms with E-state index in [1.165, 1.54) is 6.92 Å². The van der Waals surface area contributed by atoms with Gasteiger partial charge in [-0.15, -0.1) is 11.3 Å². The van der Waals surface area contributed by atoms with E-state index in [2.05, 4.69) is 5.32 Å². The fourth-order valence-corrected chi connectivity index (χ4v) is 4.15. The first-order chi connectivity index (χ1) is 13.7. The van der Waals surface area contributed by atoms with Crippen molar-refractivity contribution in [3.05, 3.63) is 44.2 Å². The molecule has 0 aliphatic carbocycles. The minimum Gasteiger partial charge on any atom is -0.492 e. The first kappa shape index (κ1) is 23.2. The SMILES string of the molecule is CCOC(=O)c1c(NC(=O)CCCOc2ccc(Cl)cc2Cl)sc(C(C)=O)c1C. The van der Waals surface area contributed by atoms with Crippen molar-refractivity contribution in [3.8, 4) is 5.75 Å². The molecule has 1 amide bonds. The smallest absolute Gasteiger partial charge is 0.341 e. The fraction of sp³-hybridized carbons (Fsp3) is 0.350. The summed E-state index contributed by atoms with van der Waals surface area (Å²) >= 11 is 12.9. The highest BCUT2D eigenvalue weighted by Gasteiger charge is 2.25. The summed E-state index contributed by atoms with van der Waals surface area (Å²) in [7, 11) is 0. The Kier molecular flexibility index (Phi) is 8.49. The molecular formula is C20H21Cl2NO5S. The maximum Gasteiger partial charge on any atom is 0.341 e. The Morgan fingerprint density at radius 1 is 1.21 bits per heavy atom. The minimum absolute atomic E-state index is 0.166. The maximum absolute atomic E-state index is 12.3. The van der Waals surface area contributed by atoms with E-state index in [-0.39, 0.29) is 36.9 Å². The number of benzene rings is 1. The van der Waals surface area contributed by atoms with Crippen LogP contribution in [-0.2, 0) is 9.53 Å². The number of amides is 1. The number of hydrogen-bond acceptors (Lipinski definition) is 6. The second kappa shape index (κ2) is 10.6. The Morgan fingerprint density at radius 3 is 2.55 bits per heavy atom. The number of rotatable bonds is 9. The van der Waals surface area contributed by atoms with E-state index < -0.39 is 5.97 Å². The van der Waals surface area contributed by atoms with E-state index in [0.717, 1.165) is 11.3 Å². The molecule has 0 unspecified atom stereocenters. The summed E-state index contributed by atoms with van der Waals surface area (Å²) in [4.78, 5) is 36.8. The molecule has 1 aromatic carbocycles. The van der Waals surface area contributed by atoms with Crippen LogP contribution in [0.1, 0.15) is 52.3 Å². The van der Waals surface area contributed by atoms with Crippen molar-refractivity contribution < 1.29 is 23.9 Å². The number of esters is 1. The molecule has 1 heterocycles. The first-order valence-electron chi connectivity index (χ1n) is 8.93. The molecule has 0 atom stereocenters. The Labute approximate surface area is 183 Å². The number of anilines is 1. The monoisotopic (exact) mass is 457 g/mol. The summed E-state index contributed by atoms with van der Waals surface area (Å²) in [6, 6.07) is 4.90. The van der Waals surface area contributed by atoms with Crippen LogP contribution in [-0.4, -0.2) is 30.9 Å². The number of nitrogens with one attached hydrogen (secondary N) is 1. The molecule has 2 rings (SSSR count). The highest BCUT2D eigenvalue weighted by molar-refractivity contribution is 7.18. The third-order valence-electron chi connectivity index (χ3n) is 3.90. The predicted octanol–water partition coefficient (Wildman–Crippen LogP) is 5.54. The molecule has 1 N–H and O–H groups in total. The Morgan fingerprint density at radius 2 is 1.93 bits per heavy atom. The average molecular weight is 458 g/mol. The molecule has 1 aromatic heterocycles. The van der Waals surface area contributed by atoms with Crippen molar-refractivity contribution in [2.24, 2.45) is 0 Å². The number of Topliss-reactive ketones (excluding diaryl/α,β-unsaturated/α-hetero) is 1. The van der Waals surface area contributed by atoms with Gasteiger partial charge in [0.15, 0.2) is 5.78 Å². The molecule has 0 aliphatic heterocycles. The van der Waals surface area contributed by atoms with Gasteiger partial charge in [-0.25, -0.2) is 4.79 Å². The predicted molar refractivity (Wildman–Crippen MR) is 115 cm³/mol. The van der Waals surface area contributed by atoms with Crippen molar-refractivity contribution in [2.45, 2.75) is 33.6 Å². The molecule has 0 aliphatic rings. The van der Waals surface area contributed by atoms with Gasteiger partial charge in [0.2, 0.25) is 5.91 Å². The molecule has 0 radical (unpaired) electrons. The van der Waals surface area contributed by atoms with Gasteiger partial charge in [-0.2, -0.15) is 0 Å². The van der Waals surface area contributed by atoms with Gasteiger partial charge in [0.25, 0.3) is 0 Å². The van der Waals surface area contributed by atoms with Crippen LogP contribution >= 0.6 is 34.5 Å². The van der Waals surface area contributed by atoms with Crippen molar-refractivity contribution >= 4 is 57.2 Å². The van der Waals surface area contributed by atoms with Crippen LogP contribution in [0.3, 0.4) is 0 Å². The average Bonchev–Trinajstić information content (AvgIpc) is 2.96. The zero-order valence-corrected chi connectivity index (χ0v) is 18.6. The number of carbonyl (C=O) groups is 3. The normalized spacial score (nSPS) is 10.5. The molecule has 0 saturated heterocycles. The van der Waals surface area contributed by atoms with Gasteiger partial charge < -0.3 is 14.8 Å². The lowest BCUT2D eigenvalue weighted by Gasteiger charge is -2.09. The van der Waals surface area contributed by atoms with Crippen LogP contribution < -0.4 is 10.1 Å². The van der Waals surface area contributed by atoms with Gasteiger partial charge in [0, 0.05) is 11.4 Å². The topological polar surface area (TPSA) is 81.7 Å². The van der Waals surface area contributed by atoms with Crippen LogP contribution in [0.5, 0.6) is 5.75 Å². The molecule has 0 fully saturated rings. The summed E-state index contributed by atoms with van der Waals surface area (Å²) in [5.41, 5.74) is 0.733. The molecule has 0 bridgehead atoms. The summed E-state index contributed by atoms with van der Waals surface area (Å²) in [5.74, 6) is -0.546. The van der Waals surface area contributed by atoms with E-state index in [1.54, 1.807) is 32.0 Å². The summed E-state index contributed by atoms with van der Waals surface area (Å²) in [6.45, 7) is 5.25. The quantitative estimate of drug-likeness (QED) is 0.303. The molecule has 0 spiro atoms. The van der Waals surface area contributed by atoms with Crippen LogP contribution in [0, 0.1) is 6.92 Å². The number of carbonyl (C=O) groups excluding carboxylic acids is 3. The van der Waals surface area contributed by atoms with Crippen LogP contribution in [0.4, 0.5) is 5.00 Å². The lowest BCUT2D eigenvalue weighted by atomic mass is 10.1. The Bertz CT molecular complexity index is 926. The molecular weight excluding hydrogens is 437 g/mol. The number of halogens is 2. The van der Waals surface area contributed by atoms with Crippen molar-refractivity contribution in [1.82, 2.24) is 0 Å². The van der Waals surface area contributed by atoms with E-state index >= 15 is 0 Å². The van der Waals surface area contributed by atoms with Crippen LogP contribution in [0.15, 0.2) is 18.2 Å². The first-order valence-corrected chi connectivity index (χ1v) is 10.5. The van der Waals surface area contributed by atoms with E-state index in [9.17, 15) is 14.4 Å². The molecule has 29 heavy (non-hydrogen) atoms. The summed E-state index contributed by atoms with van der Waals surface area (Å²) < 4.78 is 10.6. The van der Waals surface area contributed by atoms with Crippen molar-refractivity contribution in [2.75, 3.05) is 18.5 Å². The summed E-state index contributed by atoms with van der Waals surface area (Å²) in [5, 5.41) is 3.93. The summed E-state index contributed by atoms with van der Waals surface area (Å²) in [6.07, 6.45) is 0.600. The van der Waals surface area contributed by atoms with Gasteiger partial charge in [0.1, 0.15) is 10.8 Å². The van der Waals surface area contributed by atoms with Crippen molar-refractivity contribution in [3.63, 3.8) is 0 Å². The number of ketones is 1. The zero-order valence-electron chi connectivity index (χ0n) is 16.3. The van der Waals surface area contributed by atoms with Crippen molar-refractivity contribution in [1.29, 1.82) is 0 Å². The van der Waals surface area contributed by atoms with Gasteiger partial charge in [-0.3, -0.25) is 9.59 Å². The van der Waals surface area contributed by atoms with Crippen LogP contribution in [0.25, 0.3) is 0 Å².